The Morgan fingerprint density at radius 2 is 2.24 bits per heavy atom. The molecule has 8 heteroatoms. The van der Waals surface area contributed by atoms with Crippen LogP contribution < -0.4 is 5.32 Å². The fourth-order valence-corrected chi connectivity index (χ4v) is 2.05. The Hall–Kier alpha value is -1.47. The number of benzene rings is 1. The van der Waals surface area contributed by atoms with Crippen LogP contribution in [0.1, 0.15) is 10.4 Å². The zero-order chi connectivity index (χ0) is 12.4. The minimum Gasteiger partial charge on any atom is -0.288 e. The third kappa shape index (κ3) is 3.01. The first-order chi connectivity index (χ1) is 8.04. The van der Waals surface area contributed by atoms with E-state index in [1.807, 2.05) is 0 Å². The lowest BCUT2D eigenvalue weighted by Gasteiger charge is -2.02. The van der Waals surface area contributed by atoms with Crippen LogP contribution in [0.25, 0.3) is 0 Å². The van der Waals surface area contributed by atoms with Crippen molar-refractivity contribution in [2.75, 3.05) is 5.32 Å². The molecule has 17 heavy (non-hydrogen) atoms. The Morgan fingerprint density at radius 3 is 2.82 bits per heavy atom. The highest BCUT2D eigenvalue weighted by molar-refractivity contribution is 9.10. The van der Waals surface area contributed by atoms with Crippen LogP contribution in [0.5, 0.6) is 0 Å². The molecule has 0 fully saturated rings. The van der Waals surface area contributed by atoms with Gasteiger partial charge < -0.3 is 0 Å². The molecule has 1 N–H and O–H groups in total. The standard InChI is InChI=1S/C9H7BrClN5O/c1-16-14-9(13-15-16)12-8(17)5-2-6(10)4-7(11)3-5/h2-4H,1H3,(H,12,14,17). The van der Waals surface area contributed by atoms with Crippen molar-refractivity contribution in [3.05, 3.63) is 33.3 Å². The van der Waals surface area contributed by atoms with Gasteiger partial charge in [0.05, 0.1) is 7.05 Å². The van der Waals surface area contributed by atoms with Gasteiger partial charge in [-0.25, -0.2) is 0 Å². The number of halogens is 2. The summed E-state index contributed by atoms with van der Waals surface area (Å²) in [6.07, 6.45) is 0. The molecule has 0 bridgehead atoms. The summed E-state index contributed by atoms with van der Waals surface area (Å²) >= 11 is 9.10. The van der Waals surface area contributed by atoms with Gasteiger partial charge in [-0.2, -0.15) is 4.80 Å². The van der Waals surface area contributed by atoms with E-state index >= 15 is 0 Å². The summed E-state index contributed by atoms with van der Waals surface area (Å²) in [6, 6.07) is 4.90. The molecule has 0 saturated heterocycles. The average molecular weight is 317 g/mol. The molecular formula is C9H7BrClN5O. The van der Waals surface area contributed by atoms with Crippen molar-refractivity contribution >= 4 is 39.4 Å². The minimum absolute atomic E-state index is 0.147. The second-order valence-corrected chi connectivity index (χ2v) is 4.57. The monoisotopic (exact) mass is 315 g/mol. The number of tetrazole rings is 1. The van der Waals surface area contributed by atoms with Gasteiger partial charge in [-0.15, -0.1) is 5.10 Å². The van der Waals surface area contributed by atoms with Crippen LogP contribution in [0, 0.1) is 0 Å². The number of carbonyl (C=O) groups excluding carboxylic acids is 1. The Kier molecular flexibility index (Phi) is 3.39. The molecule has 0 aliphatic heterocycles. The van der Waals surface area contributed by atoms with Gasteiger partial charge in [0.2, 0.25) is 0 Å². The molecule has 88 valence electrons. The number of anilines is 1. The molecular weight excluding hydrogens is 309 g/mol. The summed E-state index contributed by atoms with van der Waals surface area (Å²) in [4.78, 5) is 13.1. The number of hydrogen-bond acceptors (Lipinski definition) is 4. The third-order valence-corrected chi connectivity index (χ3v) is 2.53. The number of nitrogens with one attached hydrogen (secondary N) is 1. The molecule has 1 heterocycles. The highest BCUT2D eigenvalue weighted by atomic mass is 79.9. The third-order valence-electron chi connectivity index (χ3n) is 1.86. The van der Waals surface area contributed by atoms with Gasteiger partial charge in [0.1, 0.15) is 0 Å². The number of aromatic nitrogens is 4. The smallest absolute Gasteiger partial charge is 0.270 e. The lowest BCUT2D eigenvalue weighted by Crippen LogP contribution is -2.13. The van der Waals surface area contributed by atoms with Gasteiger partial charge in [-0.3, -0.25) is 10.1 Å². The predicted molar refractivity (Wildman–Crippen MR) is 65.9 cm³/mol. The molecule has 0 aliphatic carbocycles. The van der Waals surface area contributed by atoms with Crippen LogP contribution in [-0.2, 0) is 7.05 Å². The fourth-order valence-electron chi connectivity index (χ4n) is 1.19. The maximum Gasteiger partial charge on any atom is 0.270 e. The molecule has 1 aromatic carbocycles. The first-order valence-corrected chi connectivity index (χ1v) is 5.73. The van der Waals surface area contributed by atoms with E-state index in [1.165, 1.54) is 4.80 Å². The lowest BCUT2D eigenvalue weighted by atomic mass is 10.2. The number of rotatable bonds is 2. The van der Waals surface area contributed by atoms with Crippen LogP contribution in [0.3, 0.4) is 0 Å². The van der Waals surface area contributed by atoms with Crippen molar-refractivity contribution in [1.29, 1.82) is 0 Å². The molecule has 1 aromatic heterocycles. The Labute approximate surface area is 110 Å². The highest BCUT2D eigenvalue weighted by Crippen LogP contribution is 2.19. The van der Waals surface area contributed by atoms with Crippen molar-refractivity contribution in [3.63, 3.8) is 0 Å². The van der Waals surface area contributed by atoms with Crippen LogP contribution in [0.2, 0.25) is 5.02 Å². The van der Waals surface area contributed by atoms with E-state index in [0.717, 1.165) is 4.47 Å². The second kappa shape index (κ2) is 4.80. The Balaban J connectivity index is 2.19. The molecule has 0 radical (unpaired) electrons. The molecule has 0 aliphatic rings. The molecule has 0 spiro atoms. The van der Waals surface area contributed by atoms with E-state index in [1.54, 1.807) is 25.2 Å². The Bertz CT molecular complexity index is 550. The van der Waals surface area contributed by atoms with Gasteiger partial charge in [0, 0.05) is 15.1 Å². The number of nitrogens with zero attached hydrogens (tertiary/aromatic N) is 4. The summed E-state index contributed by atoms with van der Waals surface area (Å²) in [5.74, 6) is -0.199. The average Bonchev–Trinajstić information content (AvgIpc) is 2.62. The second-order valence-electron chi connectivity index (χ2n) is 3.21. The Morgan fingerprint density at radius 1 is 1.47 bits per heavy atom. The number of hydrogen-bond donors (Lipinski definition) is 1. The largest absolute Gasteiger partial charge is 0.288 e. The van der Waals surface area contributed by atoms with Gasteiger partial charge in [-0.1, -0.05) is 32.6 Å². The molecule has 1 amide bonds. The maximum atomic E-state index is 11.8. The first kappa shape index (κ1) is 12.0. The zero-order valence-electron chi connectivity index (χ0n) is 8.69. The van der Waals surface area contributed by atoms with Crippen molar-refractivity contribution in [2.24, 2.45) is 7.05 Å². The van der Waals surface area contributed by atoms with E-state index in [-0.39, 0.29) is 11.9 Å². The van der Waals surface area contributed by atoms with E-state index < -0.39 is 0 Å². The normalized spacial score (nSPS) is 10.3. The van der Waals surface area contributed by atoms with Crippen LogP contribution in [-0.4, -0.2) is 26.1 Å². The lowest BCUT2D eigenvalue weighted by molar-refractivity contribution is 0.102. The summed E-state index contributed by atoms with van der Waals surface area (Å²) in [5.41, 5.74) is 0.414. The molecule has 6 nitrogen and oxygen atoms in total. The van der Waals surface area contributed by atoms with Gasteiger partial charge in [0.15, 0.2) is 0 Å². The van der Waals surface area contributed by atoms with Crippen LogP contribution in [0.4, 0.5) is 5.95 Å². The summed E-state index contributed by atoms with van der Waals surface area (Å²) in [7, 11) is 1.61. The summed E-state index contributed by atoms with van der Waals surface area (Å²) in [5, 5.41) is 14.1. The zero-order valence-corrected chi connectivity index (χ0v) is 11.0. The molecule has 0 atom stereocenters. The predicted octanol–water partition coefficient (Wildman–Crippen LogP) is 1.88. The number of amides is 1. The van der Waals surface area contributed by atoms with Gasteiger partial charge in [0.25, 0.3) is 11.9 Å². The quantitative estimate of drug-likeness (QED) is 0.918. The molecule has 2 aromatic rings. The van der Waals surface area contributed by atoms with E-state index in [2.05, 4.69) is 36.7 Å². The highest BCUT2D eigenvalue weighted by Gasteiger charge is 2.10. The van der Waals surface area contributed by atoms with Crippen LogP contribution in [0.15, 0.2) is 22.7 Å². The van der Waals surface area contributed by atoms with Crippen molar-refractivity contribution in [2.45, 2.75) is 0 Å². The SMILES string of the molecule is Cn1nnc(NC(=O)c2cc(Cl)cc(Br)c2)n1. The molecule has 0 saturated carbocycles. The van der Waals surface area contributed by atoms with E-state index in [4.69, 9.17) is 11.6 Å². The summed E-state index contributed by atoms with van der Waals surface area (Å²) in [6.45, 7) is 0. The molecule has 0 unspecified atom stereocenters. The maximum absolute atomic E-state index is 11.8. The van der Waals surface area contributed by atoms with Gasteiger partial charge >= 0.3 is 0 Å². The van der Waals surface area contributed by atoms with Crippen molar-refractivity contribution < 1.29 is 4.79 Å². The number of aryl methyl sites for hydroxylation is 1. The van der Waals surface area contributed by atoms with E-state index in [0.29, 0.717) is 10.6 Å². The molecule has 2 rings (SSSR count). The van der Waals surface area contributed by atoms with E-state index in [9.17, 15) is 4.79 Å². The van der Waals surface area contributed by atoms with Crippen LogP contribution >= 0.6 is 27.5 Å². The topological polar surface area (TPSA) is 72.7 Å². The summed E-state index contributed by atoms with van der Waals surface area (Å²) < 4.78 is 0.724. The van der Waals surface area contributed by atoms with Crippen molar-refractivity contribution in [3.8, 4) is 0 Å². The van der Waals surface area contributed by atoms with Gasteiger partial charge in [-0.05, 0) is 23.4 Å². The number of carbonyl (C=O) groups is 1. The minimum atomic E-state index is -0.346. The first-order valence-electron chi connectivity index (χ1n) is 4.56. The fraction of sp³-hybridized carbons (Fsp3) is 0.111. The van der Waals surface area contributed by atoms with Crippen molar-refractivity contribution in [1.82, 2.24) is 20.2 Å².